The van der Waals surface area contributed by atoms with Gasteiger partial charge in [0.05, 0.1) is 11.4 Å². The minimum Gasteiger partial charge on any atom is -0.399 e. The standard InChI is InChI=1S/C12H13N3O/c1-10(14-16-2)11-4-6-12(7-5-11)15-9-3-8-13-15/h3-9H,1-2H3. The summed E-state index contributed by atoms with van der Waals surface area (Å²) in [7, 11) is 1.54. The van der Waals surface area contributed by atoms with Gasteiger partial charge in [-0.2, -0.15) is 5.10 Å². The van der Waals surface area contributed by atoms with Crippen LogP contribution in [0.25, 0.3) is 5.69 Å². The molecule has 82 valence electrons. The van der Waals surface area contributed by atoms with E-state index in [1.165, 1.54) is 0 Å². The topological polar surface area (TPSA) is 39.4 Å². The van der Waals surface area contributed by atoms with Gasteiger partial charge in [-0.25, -0.2) is 4.68 Å². The molecule has 0 saturated carbocycles. The van der Waals surface area contributed by atoms with Gasteiger partial charge in [0, 0.05) is 12.4 Å². The van der Waals surface area contributed by atoms with E-state index in [9.17, 15) is 0 Å². The highest BCUT2D eigenvalue weighted by Crippen LogP contribution is 2.09. The van der Waals surface area contributed by atoms with E-state index in [0.717, 1.165) is 17.0 Å². The van der Waals surface area contributed by atoms with Crippen molar-refractivity contribution < 1.29 is 4.84 Å². The minimum atomic E-state index is 0.856. The number of benzene rings is 1. The first-order valence-electron chi connectivity index (χ1n) is 4.99. The van der Waals surface area contributed by atoms with Gasteiger partial charge in [-0.15, -0.1) is 0 Å². The number of oxime groups is 1. The van der Waals surface area contributed by atoms with Gasteiger partial charge < -0.3 is 4.84 Å². The summed E-state index contributed by atoms with van der Waals surface area (Å²) in [6, 6.07) is 9.88. The average Bonchev–Trinajstić information content (AvgIpc) is 2.83. The summed E-state index contributed by atoms with van der Waals surface area (Å²) >= 11 is 0. The molecule has 0 fully saturated rings. The summed E-state index contributed by atoms with van der Waals surface area (Å²) in [6.45, 7) is 1.91. The van der Waals surface area contributed by atoms with Crippen molar-refractivity contribution in [3.8, 4) is 5.69 Å². The molecule has 1 heterocycles. The first-order chi connectivity index (χ1) is 7.81. The number of hydrogen-bond donors (Lipinski definition) is 0. The molecule has 0 aliphatic carbocycles. The van der Waals surface area contributed by atoms with Crippen molar-refractivity contribution in [1.82, 2.24) is 9.78 Å². The van der Waals surface area contributed by atoms with Crippen molar-refractivity contribution in [1.29, 1.82) is 0 Å². The van der Waals surface area contributed by atoms with Crippen molar-refractivity contribution in [3.05, 3.63) is 48.3 Å². The predicted octanol–water partition coefficient (Wildman–Crippen LogP) is 2.24. The van der Waals surface area contributed by atoms with Crippen molar-refractivity contribution in [2.45, 2.75) is 6.92 Å². The molecule has 0 amide bonds. The second-order valence-electron chi connectivity index (χ2n) is 3.36. The molecule has 0 radical (unpaired) electrons. The van der Waals surface area contributed by atoms with E-state index in [4.69, 9.17) is 4.84 Å². The monoisotopic (exact) mass is 215 g/mol. The molecule has 0 aliphatic heterocycles. The van der Waals surface area contributed by atoms with Gasteiger partial charge in [0.2, 0.25) is 0 Å². The van der Waals surface area contributed by atoms with Crippen molar-refractivity contribution >= 4 is 5.71 Å². The van der Waals surface area contributed by atoms with Crippen molar-refractivity contribution in [2.75, 3.05) is 7.11 Å². The molecule has 1 aromatic heterocycles. The molecule has 0 bridgehead atoms. The lowest BCUT2D eigenvalue weighted by Crippen LogP contribution is -1.98. The summed E-state index contributed by atoms with van der Waals surface area (Å²) in [5.41, 5.74) is 2.92. The van der Waals surface area contributed by atoms with Crippen LogP contribution in [0.4, 0.5) is 0 Å². The third-order valence-electron chi connectivity index (χ3n) is 2.28. The highest BCUT2D eigenvalue weighted by Gasteiger charge is 1.99. The maximum Gasteiger partial charge on any atom is 0.106 e. The Morgan fingerprint density at radius 2 is 2.06 bits per heavy atom. The molecule has 0 N–H and O–H groups in total. The van der Waals surface area contributed by atoms with Gasteiger partial charge in [-0.3, -0.25) is 0 Å². The molecule has 0 spiro atoms. The molecule has 0 saturated heterocycles. The summed E-state index contributed by atoms with van der Waals surface area (Å²) in [4.78, 5) is 4.73. The fourth-order valence-electron chi connectivity index (χ4n) is 1.47. The molecule has 2 aromatic rings. The number of rotatable bonds is 3. The first kappa shape index (κ1) is 10.4. The fraction of sp³-hybridized carbons (Fsp3) is 0.167. The Morgan fingerprint density at radius 3 is 2.62 bits per heavy atom. The van der Waals surface area contributed by atoms with E-state index in [2.05, 4.69) is 10.3 Å². The summed E-state index contributed by atoms with van der Waals surface area (Å²) in [6.07, 6.45) is 3.66. The molecule has 16 heavy (non-hydrogen) atoms. The van der Waals surface area contributed by atoms with Crippen LogP contribution < -0.4 is 0 Å². The lowest BCUT2D eigenvalue weighted by Gasteiger charge is -2.03. The largest absolute Gasteiger partial charge is 0.399 e. The average molecular weight is 215 g/mol. The van der Waals surface area contributed by atoms with Gasteiger partial charge in [-0.05, 0) is 30.7 Å². The Hall–Kier alpha value is -2.10. The molecule has 4 nitrogen and oxygen atoms in total. The number of hydrogen-bond acceptors (Lipinski definition) is 3. The summed E-state index contributed by atoms with van der Waals surface area (Å²) in [5, 5.41) is 8.04. The van der Waals surface area contributed by atoms with E-state index < -0.39 is 0 Å². The van der Waals surface area contributed by atoms with E-state index >= 15 is 0 Å². The zero-order valence-corrected chi connectivity index (χ0v) is 9.29. The Balaban J connectivity index is 2.26. The van der Waals surface area contributed by atoms with Gasteiger partial charge in [0.25, 0.3) is 0 Å². The predicted molar refractivity (Wildman–Crippen MR) is 62.8 cm³/mol. The molecule has 4 heteroatoms. The fourth-order valence-corrected chi connectivity index (χ4v) is 1.47. The van der Waals surface area contributed by atoms with Crippen LogP contribution in [-0.2, 0) is 4.84 Å². The van der Waals surface area contributed by atoms with Crippen LogP contribution >= 0.6 is 0 Å². The molecular weight excluding hydrogens is 202 g/mol. The van der Waals surface area contributed by atoms with E-state index in [1.54, 1.807) is 13.3 Å². The van der Waals surface area contributed by atoms with Crippen LogP contribution in [0.15, 0.2) is 47.9 Å². The molecule has 1 aromatic carbocycles. The Bertz CT molecular complexity index is 471. The normalized spacial score (nSPS) is 11.5. The van der Waals surface area contributed by atoms with Gasteiger partial charge in [0.1, 0.15) is 7.11 Å². The van der Waals surface area contributed by atoms with E-state index in [1.807, 2.05) is 48.1 Å². The maximum absolute atomic E-state index is 4.73. The molecule has 2 rings (SSSR count). The molecule has 0 unspecified atom stereocenters. The van der Waals surface area contributed by atoms with Crippen LogP contribution in [0.5, 0.6) is 0 Å². The SMILES string of the molecule is CON=C(C)c1ccc(-n2cccn2)cc1. The van der Waals surface area contributed by atoms with E-state index in [-0.39, 0.29) is 0 Å². The van der Waals surface area contributed by atoms with Crippen molar-refractivity contribution in [3.63, 3.8) is 0 Å². The van der Waals surface area contributed by atoms with Crippen LogP contribution in [0.1, 0.15) is 12.5 Å². The van der Waals surface area contributed by atoms with Crippen LogP contribution in [0, 0.1) is 0 Å². The zero-order valence-electron chi connectivity index (χ0n) is 9.29. The lowest BCUT2D eigenvalue weighted by atomic mass is 10.1. The smallest absolute Gasteiger partial charge is 0.106 e. The third kappa shape index (κ3) is 2.11. The Morgan fingerprint density at radius 1 is 1.31 bits per heavy atom. The molecule has 0 atom stereocenters. The zero-order chi connectivity index (χ0) is 11.4. The quantitative estimate of drug-likeness (QED) is 0.582. The molecule has 0 aliphatic rings. The first-order valence-corrected chi connectivity index (χ1v) is 4.99. The minimum absolute atomic E-state index is 0.856. The second kappa shape index (κ2) is 4.61. The van der Waals surface area contributed by atoms with Gasteiger partial charge in [-0.1, -0.05) is 17.3 Å². The van der Waals surface area contributed by atoms with Gasteiger partial charge in [0.15, 0.2) is 0 Å². The van der Waals surface area contributed by atoms with Crippen LogP contribution in [0.2, 0.25) is 0 Å². The number of aromatic nitrogens is 2. The molecular formula is C12H13N3O. The second-order valence-corrected chi connectivity index (χ2v) is 3.36. The van der Waals surface area contributed by atoms with Crippen LogP contribution in [0.3, 0.4) is 0 Å². The third-order valence-corrected chi connectivity index (χ3v) is 2.28. The number of nitrogens with zero attached hydrogens (tertiary/aromatic N) is 3. The van der Waals surface area contributed by atoms with E-state index in [0.29, 0.717) is 0 Å². The van der Waals surface area contributed by atoms with Gasteiger partial charge >= 0.3 is 0 Å². The lowest BCUT2D eigenvalue weighted by molar-refractivity contribution is 0.213. The Labute approximate surface area is 94.2 Å². The Kier molecular flexibility index (Phi) is 3.00. The highest BCUT2D eigenvalue weighted by atomic mass is 16.6. The summed E-state index contributed by atoms with van der Waals surface area (Å²) in [5.74, 6) is 0. The van der Waals surface area contributed by atoms with Crippen molar-refractivity contribution in [2.24, 2.45) is 5.16 Å². The van der Waals surface area contributed by atoms with Crippen LogP contribution in [-0.4, -0.2) is 22.6 Å². The summed E-state index contributed by atoms with van der Waals surface area (Å²) < 4.78 is 1.81. The highest BCUT2D eigenvalue weighted by molar-refractivity contribution is 5.98. The maximum atomic E-state index is 4.73.